The molecule has 1 aromatic carbocycles. The zero-order chi connectivity index (χ0) is 17.1. The number of nitrogens with zero attached hydrogens (tertiary/aromatic N) is 4. The standard InChI is InChI=1S/C19H26N6/c1-20-18(21-13-17-24-23-16-9-5-6-12-25(16)17)22-14-19(10-11-19)15-7-3-2-4-8-15/h2-4,7-8H,5-6,9-14H2,1H3,(H2,20,21,22). The summed E-state index contributed by atoms with van der Waals surface area (Å²) >= 11 is 0. The Balaban J connectivity index is 1.34. The molecule has 1 aliphatic carbocycles. The third kappa shape index (κ3) is 3.38. The molecule has 0 unspecified atom stereocenters. The van der Waals surface area contributed by atoms with E-state index >= 15 is 0 Å². The Kier molecular flexibility index (Phi) is 4.42. The number of hydrogen-bond donors (Lipinski definition) is 2. The fourth-order valence-electron chi connectivity index (χ4n) is 3.65. The zero-order valence-electron chi connectivity index (χ0n) is 14.8. The highest BCUT2D eigenvalue weighted by Crippen LogP contribution is 2.47. The first-order chi connectivity index (χ1) is 12.3. The second-order valence-corrected chi connectivity index (χ2v) is 7.07. The molecule has 0 amide bonds. The number of fused-ring (bicyclic) bond motifs is 1. The van der Waals surface area contributed by atoms with Gasteiger partial charge in [-0.25, -0.2) is 0 Å². The molecule has 132 valence electrons. The number of guanidine groups is 1. The normalized spacial score (nSPS) is 18.5. The molecular weight excluding hydrogens is 312 g/mol. The molecule has 6 heteroatoms. The van der Waals surface area contributed by atoms with E-state index < -0.39 is 0 Å². The number of nitrogens with one attached hydrogen (secondary N) is 2. The summed E-state index contributed by atoms with van der Waals surface area (Å²) in [4.78, 5) is 4.36. The van der Waals surface area contributed by atoms with Crippen LogP contribution in [0.15, 0.2) is 35.3 Å². The lowest BCUT2D eigenvalue weighted by Gasteiger charge is -2.19. The third-order valence-electron chi connectivity index (χ3n) is 5.41. The summed E-state index contributed by atoms with van der Waals surface area (Å²) in [6.45, 7) is 2.60. The lowest BCUT2D eigenvalue weighted by atomic mass is 9.96. The van der Waals surface area contributed by atoms with Crippen molar-refractivity contribution in [1.82, 2.24) is 25.4 Å². The Morgan fingerprint density at radius 2 is 2.00 bits per heavy atom. The monoisotopic (exact) mass is 338 g/mol. The van der Waals surface area contributed by atoms with Gasteiger partial charge in [0.15, 0.2) is 11.8 Å². The fourth-order valence-corrected chi connectivity index (χ4v) is 3.65. The Labute approximate surface area is 148 Å². The quantitative estimate of drug-likeness (QED) is 0.646. The summed E-state index contributed by atoms with van der Waals surface area (Å²) in [5.41, 5.74) is 1.69. The van der Waals surface area contributed by atoms with E-state index in [0.29, 0.717) is 6.54 Å². The van der Waals surface area contributed by atoms with Gasteiger partial charge in [-0.05, 0) is 31.2 Å². The van der Waals surface area contributed by atoms with Crippen molar-refractivity contribution in [2.75, 3.05) is 13.6 Å². The Bertz CT molecular complexity index is 745. The summed E-state index contributed by atoms with van der Waals surface area (Å²) in [5, 5.41) is 15.5. The number of aryl methyl sites for hydroxylation is 1. The number of hydrogen-bond acceptors (Lipinski definition) is 3. The van der Waals surface area contributed by atoms with E-state index in [-0.39, 0.29) is 5.41 Å². The minimum absolute atomic E-state index is 0.271. The highest BCUT2D eigenvalue weighted by atomic mass is 15.3. The maximum absolute atomic E-state index is 4.36. The maximum atomic E-state index is 4.36. The first-order valence-electron chi connectivity index (χ1n) is 9.22. The predicted octanol–water partition coefficient (Wildman–Crippen LogP) is 2.01. The predicted molar refractivity (Wildman–Crippen MR) is 98.5 cm³/mol. The first kappa shape index (κ1) is 16.1. The van der Waals surface area contributed by atoms with Crippen LogP contribution in [0.5, 0.6) is 0 Å². The Morgan fingerprint density at radius 3 is 2.76 bits per heavy atom. The lowest BCUT2D eigenvalue weighted by molar-refractivity contribution is 0.504. The number of aliphatic imine (C=N–C) groups is 1. The molecule has 1 fully saturated rings. The van der Waals surface area contributed by atoms with Gasteiger partial charge >= 0.3 is 0 Å². The van der Waals surface area contributed by atoms with Crippen LogP contribution in [0.25, 0.3) is 0 Å². The van der Waals surface area contributed by atoms with Crippen molar-refractivity contribution in [3.05, 3.63) is 47.5 Å². The van der Waals surface area contributed by atoms with Gasteiger partial charge in [-0.15, -0.1) is 10.2 Å². The highest BCUT2D eigenvalue weighted by molar-refractivity contribution is 5.79. The van der Waals surface area contributed by atoms with Crippen molar-refractivity contribution in [2.45, 2.75) is 50.6 Å². The molecule has 25 heavy (non-hydrogen) atoms. The van der Waals surface area contributed by atoms with Crippen molar-refractivity contribution in [1.29, 1.82) is 0 Å². The summed E-state index contributed by atoms with van der Waals surface area (Å²) in [6.07, 6.45) is 5.94. The SMILES string of the molecule is CN=C(NCc1nnc2n1CCCC2)NCC1(c2ccccc2)CC1. The van der Waals surface area contributed by atoms with Gasteiger partial charge in [0, 0.05) is 32.0 Å². The van der Waals surface area contributed by atoms with E-state index in [2.05, 4.69) is 60.7 Å². The van der Waals surface area contributed by atoms with E-state index in [1.54, 1.807) is 0 Å². The van der Waals surface area contributed by atoms with Crippen LogP contribution in [0, 0.1) is 0 Å². The first-order valence-corrected chi connectivity index (χ1v) is 9.22. The molecule has 1 saturated carbocycles. The molecule has 0 radical (unpaired) electrons. The molecule has 1 aromatic heterocycles. The van der Waals surface area contributed by atoms with Crippen LogP contribution in [0.3, 0.4) is 0 Å². The Morgan fingerprint density at radius 1 is 1.16 bits per heavy atom. The molecule has 0 saturated heterocycles. The van der Waals surface area contributed by atoms with Crippen molar-refractivity contribution < 1.29 is 0 Å². The molecule has 0 spiro atoms. The zero-order valence-corrected chi connectivity index (χ0v) is 14.8. The van der Waals surface area contributed by atoms with Gasteiger partial charge in [0.25, 0.3) is 0 Å². The van der Waals surface area contributed by atoms with Crippen LogP contribution in [0.4, 0.5) is 0 Å². The van der Waals surface area contributed by atoms with Crippen LogP contribution in [-0.4, -0.2) is 34.3 Å². The van der Waals surface area contributed by atoms with E-state index in [0.717, 1.165) is 37.1 Å². The molecule has 4 rings (SSSR count). The molecule has 2 aromatic rings. The summed E-state index contributed by atoms with van der Waals surface area (Å²) in [5.74, 6) is 2.95. The van der Waals surface area contributed by atoms with Crippen LogP contribution in [-0.2, 0) is 24.9 Å². The number of benzene rings is 1. The van der Waals surface area contributed by atoms with Crippen LogP contribution >= 0.6 is 0 Å². The summed E-state index contributed by atoms with van der Waals surface area (Å²) < 4.78 is 2.25. The summed E-state index contributed by atoms with van der Waals surface area (Å²) in [7, 11) is 1.82. The second kappa shape index (κ2) is 6.86. The largest absolute Gasteiger partial charge is 0.356 e. The van der Waals surface area contributed by atoms with Gasteiger partial charge in [-0.2, -0.15) is 0 Å². The van der Waals surface area contributed by atoms with E-state index in [9.17, 15) is 0 Å². The van der Waals surface area contributed by atoms with Gasteiger partial charge in [0.2, 0.25) is 0 Å². The van der Waals surface area contributed by atoms with Gasteiger partial charge in [-0.1, -0.05) is 30.3 Å². The molecule has 0 bridgehead atoms. The van der Waals surface area contributed by atoms with Crippen molar-refractivity contribution >= 4 is 5.96 Å². The highest BCUT2D eigenvalue weighted by Gasteiger charge is 2.44. The van der Waals surface area contributed by atoms with Crippen LogP contribution < -0.4 is 10.6 Å². The molecule has 1 aliphatic heterocycles. The van der Waals surface area contributed by atoms with E-state index in [4.69, 9.17) is 0 Å². The maximum Gasteiger partial charge on any atom is 0.191 e. The summed E-state index contributed by atoms with van der Waals surface area (Å²) in [6, 6.07) is 10.8. The molecule has 2 aliphatic rings. The van der Waals surface area contributed by atoms with Crippen molar-refractivity contribution in [2.24, 2.45) is 4.99 Å². The van der Waals surface area contributed by atoms with Gasteiger partial charge < -0.3 is 15.2 Å². The number of rotatable bonds is 5. The lowest BCUT2D eigenvalue weighted by Crippen LogP contribution is -2.41. The van der Waals surface area contributed by atoms with E-state index in [1.807, 2.05) is 7.05 Å². The Hall–Kier alpha value is -2.37. The topological polar surface area (TPSA) is 67.1 Å². The van der Waals surface area contributed by atoms with Crippen LogP contribution in [0.2, 0.25) is 0 Å². The smallest absolute Gasteiger partial charge is 0.191 e. The molecule has 2 heterocycles. The van der Waals surface area contributed by atoms with Crippen LogP contribution in [0.1, 0.15) is 42.9 Å². The van der Waals surface area contributed by atoms with Gasteiger partial charge in [0.05, 0.1) is 6.54 Å². The van der Waals surface area contributed by atoms with Crippen molar-refractivity contribution in [3.8, 4) is 0 Å². The van der Waals surface area contributed by atoms with Gasteiger partial charge in [0.1, 0.15) is 5.82 Å². The fraction of sp³-hybridized carbons (Fsp3) is 0.526. The van der Waals surface area contributed by atoms with E-state index in [1.165, 1.54) is 31.2 Å². The van der Waals surface area contributed by atoms with Gasteiger partial charge in [-0.3, -0.25) is 4.99 Å². The third-order valence-corrected chi connectivity index (χ3v) is 5.41. The molecule has 0 atom stereocenters. The second-order valence-electron chi connectivity index (χ2n) is 7.07. The van der Waals surface area contributed by atoms with Crippen molar-refractivity contribution in [3.63, 3.8) is 0 Å². The molecule has 2 N–H and O–H groups in total. The minimum Gasteiger partial charge on any atom is -0.356 e. The average molecular weight is 338 g/mol. The number of aromatic nitrogens is 3. The molecular formula is C19H26N6. The average Bonchev–Trinajstić information content (AvgIpc) is 3.36. The molecule has 6 nitrogen and oxygen atoms in total. The minimum atomic E-state index is 0.271.